The summed E-state index contributed by atoms with van der Waals surface area (Å²) in [7, 11) is 0. The van der Waals surface area contributed by atoms with E-state index in [-0.39, 0.29) is 5.84 Å². The molecule has 2 rings (SSSR count). The Morgan fingerprint density at radius 1 is 1.11 bits per heavy atom. The molecule has 0 saturated carbocycles. The average Bonchev–Trinajstić information content (AvgIpc) is 2.40. The Bertz CT molecular complexity index is 622. The first kappa shape index (κ1) is 11.9. The van der Waals surface area contributed by atoms with Gasteiger partial charge in [0.1, 0.15) is 5.84 Å². The third kappa shape index (κ3) is 2.23. The highest BCUT2D eigenvalue weighted by Gasteiger charge is 2.08. The third-order valence-electron chi connectivity index (χ3n) is 2.86. The summed E-state index contributed by atoms with van der Waals surface area (Å²) >= 11 is 0. The van der Waals surface area contributed by atoms with Crippen molar-refractivity contribution in [2.24, 2.45) is 10.7 Å². The summed E-state index contributed by atoms with van der Waals surface area (Å²) in [6.07, 6.45) is 1.72. The molecule has 0 aliphatic rings. The summed E-state index contributed by atoms with van der Waals surface area (Å²) < 4.78 is 0. The molecular weight excluding hydrogens is 222 g/mol. The molecule has 0 atom stereocenters. The molecule has 0 radical (unpaired) electrons. The minimum Gasteiger partial charge on any atom is -0.382 e. The molecule has 0 fully saturated rings. The van der Waals surface area contributed by atoms with Crippen LogP contribution in [0.3, 0.4) is 0 Å². The number of aliphatic imine (C=N–C) groups is 1. The second-order valence-electron chi connectivity index (χ2n) is 3.94. The molecule has 0 spiro atoms. The Morgan fingerprint density at radius 3 is 2.50 bits per heavy atom. The summed E-state index contributed by atoms with van der Waals surface area (Å²) in [5, 5.41) is 8.56. The van der Waals surface area contributed by atoms with Gasteiger partial charge in [-0.1, -0.05) is 48.5 Å². The van der Waals surface area contributed by atoms with E-state index in [2.05, 4.69) is 4.99 Å². The van der Waals surface area contributed by atoms with Gasteiger partial charge < -0.3 is 5.73 Å². The van der Waals surface area contributed by atoms with Crippen molar-refractivity contribution >= 4 is 5.84 Å². The van der Waals surface area contributed by atoms with Gasteiger partial charge in [0, 0.05) is 5.56 Å². The van der Waals surface area contributed by atoms with Gasteiger partial charge in [-0.15, -0.1) is 0 Å². The van der Waals surface area contributed by atoms with E-state index in [1.807, 2.05) is 55.5 Å². The van der Waals surface area contributed by atoms with Crippen LogP contribution in [0.1, 0.15) is 11.1 Å². The van der Waals surface area contributed by atoms with Crippen LogP contribution < -0.4 is 5.73 Å². The van der Waals surface area contributed by atoms with Crippen LogP contribution >= 0.6 is 0 Å². The topological polar surface area (TPSA) is 62.2 Å². The minimum absolute atomic E-state index is 0.257. The number of hydrogen-bond donors (Lipinski definition) is 1. The number of benzene rings is 2. The monoisotopic (exact) mass is 235 g/mol. The molecule has 0 amide bonds. The van der Waals surface area contributed by atoms with Crippen LogP contribution in [-0.2, 0) is 0 Å². The standard InChI is InChI=1S/C15H13N3/c1-11-13(12-6-3-2-4-7-12)8-5-9-14(11)15(17)18-10-16/h2-9H,1H3,(H2,17,18). The van der Waals surface area contributed by atoms with Gasteiger partial charge >= 0.3 is 0 Å². The Hall–Kier alpha value is -2.60. The Labute approximate surface area is 106 Å². The van der Waals surface area contributed by atoms with Gasteiger partial charge in [0.25, 0.3) is 0 Å². The molecule has 0 saturated heterocycles. The fourth-order valence-corrected chi connectivity index (χ4v) is 1.96. The normalized spacial score (nSPS) is 11.0. The molecule has 0 bridgehead atoms. The van der Waals surface area contributed by atoms with Crippen molar-refractivity contribution in [2.45, 2.75) is 6.92 Å². The maximum Gasteiger partial charge on any atom is 0.207 e. The van der Waals surface area contributed by atoms with Crippen molar-refractivity contribution in [1.82, 2.24) is 0 Å². The zero-order valence-corrected chi connectivity index (χ0v) is 10.1. The van der Waals surface area contributed by atoms with Crippen molar-refractivity contribution < 1.29 is 0 Å². The number of nitrogens with zero attached hydrogens (tertiary/aromatic N) is 2. The molecular formula is C15H13N3. The first-order valence-electron chi connectivity index (χ1n) is 5.61. The molecule has 3 heteroatoms. The number of rotatable bonds is 2. The highest BCUT2D eigenvalue weighted by atomic mass is 14.8. The van der Waals surface area contributed by atoms with E-state index in [4.69, 9.17) is 11.0 Å². The highest BCUT2D eigenvalue weighted by Crippen LogP contribution is 2.25. The summed E-state index contributed by atoms with van der Waals surface area (Å²) in [4.78, 5) is 3.59. The number of amidine groups is 1. The molecule has 2 N–H and O–H groups in total. The molecule has 88 valence electrons. The first-order valence-corrected chi connectivity index (χ1v) is 5.61. The van der Waals surface area contributed by atoms with Crippen LogP contribution in [0.25, 0.3) is 11.1 Å². The van der Waals surface area contributed by atoms with E-state index in [1.165, 1.54) is 0 Å². The van der Waals surface area contributed by atoms with Crippen molar-refractivity contribution in [3.63, 3.8) is 0 Å². The quantitative estimate of drug-likeness (QED) is 0.494. The maximum atomic E-state index is 8.56. The lowest BCUT2D eigenvalue weighted by atomic mass is 9.96. The van der Waals surface area contributed by atoms with E-state index in [1.54, 1.807) is 6.19 Å². The minimum atomic E-state index is 0.257. The van der Waals surface area contributed by atoms with Gasteiger partial charge in [0.05, 0.1) is 0 Å². The van der Waals surface area contributed by atoms with Gasteiger partial charge in [-0.25, -0.2) is 0 Å². The SMILES string of the molecule is Cc1c(C(N)=NC#N)cccc1-c1ccccc1. The number of hydrogen-bond acceptors (Lipinski definition) is 2. The van der Waals surface area contributed by atoms with Crippen LogP contribution in [0.15, 0.2) is 53.5 Å². The van der Waals surface area contributed by atoms with E-state index in [9.17, 15) is 0 Å². The number of nitrogens with two attached hydrogens (primary N) is 1. The second-order valence-corrected chi connectivity index (χ2v) is 3.94. The Morgan fingerprint density at radius 2 is 1.83 bits per heavy atom. The molecule has 2 aromatic rings. The second kappa shape index (κ2) is 5.15. The van der Waals surface area contributed by atoms with E-state index >= 15 is 0 Å². The molecule has 0 unspecified atom stereocenters. The predicted molar refractivity (Wildman–Crippen MR) is 73.0 cm³/mol. The molecule has 0 heterocycles. The van der Waals surface area contributed by atoms with Gasteiger partial charge in [-0.2, -0.15) is 10.3 Å². The third-order valence-corrected chi connectivity index (χ3v) is 2.86. The van der Waals surface area contributed by atoms with E-state index < -0.39 is 0 Å². The largest absolute Gasteiger partial charge is 0.382 e. The average molecular weight is 235 g/mol. The van der Waals surface area contributed by atoms with Gasteiger partial charge in [0.2, 0.25) is 6.19 Å². The van der Waals surface area contributed by atoms with Crippen LogP contribution in [0.5, 0.6) is 0 Å². The van der Waals surface area contributed by atoms with Crippen LogP contribution in [-0.4, -0.2) is 5.84 Å². The molecule has 18 heavy (non-hydrogen) atoms. The van der Waals surface area contributed by atoms with Gasteiger partial charge in [-0.05, 0) is 23.6 Å². The first-order chi connectivity index (χ1) is 8.74. The highest BCUT2D eigenvalue weighted by molar-refractivity contribution is 6.00. The molecule has 3 nitrogen and oxygen atoms in total. The van der Waals surface area contributed by atoms with Crippen molar-refractivity contribution in [3.05, 3.63) is 59.7 Å². The lowest BCUT2D eigenvalue weighted by molar-refractivity contribution is 1.37. The van der Waals surface area contributed by atoms with Crippen molar-refractivity contribution in [3.8, 4) is 17.3 Å². The Kier molecular flexibility index (Phi) is 3.40. The van der Waals surface area contributed by atoms with Crippen molar-refractivity contribution in [1.29, 1.82) is 5.26 Å². The van der Waals surface area contributed by atoms with Crippen LogP contribution in [0.4, 0.5) is 0 Å². The fraction of sp³-hybridized carbons (Fsp3) is 0.0667. The number of nitriles is 1. The lowest BCUT2D eigenvalue weighted by Gasteiger charge is -2.10. The van der Waals surface area contributed by atoms with Crippen LogP contribution in [0, 0.1) is 18.4 Å². The summed E-state index contributed by atoms with van der Waals surface area (Å²) in [5.74, 6) is 0.257. The molecule has 2 aromatic carbocycles. The Balaban J connectivity index is 2.57. The summed E-state index contributed by atoms with van der Waals surface area (Å²) in [6.45, 7) is 1.98. The van der Waals surface area contributed by atoms with E-state index in [0.717, 1.165) is 22.3 Å². The predicted octanol–water partition coefficient (Wildman–Crippen LogP) is 2.85. The molecule has 0 aromatic heterocycles. The van der Waals surface area contributed by atoms with Crippen molar-refractivity contribution in [2.75, 3.05) is 0 Å². The summed E-state index contributed by atoms with van der Waals surface area (Å²) in [6, 6.07) is 15.9. The van der Waals surface area contributed by atoms with E-state index in [0.29, 0.717) is 0 Å². The maximum absolute atomic E-state index is 8.56. The molecule has 0 aliphatic heterocycles. The zero-order chi connectivity index (χ0) is 13.0. The van der Waals surface area contributed by atoms with Gasteiger partial charge in [0.15, 0.2) is 0 Å². The lowest BCUT2D eigenvalue weighted by Crippen LogP contribution is -2.14. The zero-order valence-electron chi connectivity index (χ0n) is 10.1. The van der Waals surface area contributed by atoms with Crippen LogP contribution in [0.2, 0.25) is 0 Å². The van der Waals surface area contributed by atoms with Gasteiger partial charge in [-0.3, -0.25) is 0 Å². The fourth-order valence-electron chi connectivity index (χ4n) is 1.96. The molecule has 0 aliphatic carbocycles. The summed E-state index contributed by atoms with van der Waals surface area (Å²) in [5.41, 5.74) is 9.84. The smallest absolute Gasteiger partial charge is 0.207 e.